The van der Waals surface area contributed by atoms with E-state index in [1.165, 1.54) is 12.1 Å². The molecule has 0 fully saturated rings. The van der Waals surface area contributed by atoms with Gasteiger partial charge in [0.2, 0.25) is 0 Å². The van der Waals surface area contributed by atoms with E-state index in [9.17, 15) is 10.5 Å². The molecule has 4 nitrogen and oxygen atoms in total. The van der Waals surface area contributed by atoms with Crippen LogP contribution in [0.5, 0.6) is 23.0 Å². The van der Waals surface area contributed by atoms with Gasteiger partial charge in [-0.3, -0.25) is 0 Å². The Morgan fingerprint density at radius 2 is 0.958 bits per heavy atom. The molecular weight excluding hydrogens is 300 g/mol. The van der Waals surface area contributed by atoms with E-state index in [0.29, 0.717) is 23.0 Å². The van der Waals surface area contributed by atoms with E-state index >= 15 is 0 Å². The van der Waals surface area contributed by atoms with Gasteiger partial charge in [-0.25, -0.2) is 0 Å². The number of nitriles is 2. The van der Waals surface area contributed by atoms with Crippen LogP contribution in [0.3, 0.4) is 0 Å². The molecule has 0 radical (unpaired) electrons. The molecule has 0 spiro atoms. The number of hydrogen-bond donors (Lipinski definition) is 0. The summed E-state index contributed by atoms with van der Waals surface area (Å²) in [5.41, 5.74) is 0.479. The quantitative estimate of drug-likeness (QED) is 0.679. The molecule has 114 valence electrons. The second kappa shape index (κ2) is 7.00. The van der Waals surface area contributed by atoms with E-state index in [4.69, 9.17) is 9.47 Å². The fourth-order valence-corrected chi connectivity index (χ4v) is 2.14. The van der Waals surface area contributed by atoms with Crippen molar-refractivity contribution in [3.8, 4) is 35.1 Å². The molecule has 0 saturated heterocycles. The van der Waals surface area contributed by atoms with Crippen LogP contribution in [-0.2, 0) is 0 Å². The number of nitrogens with zero attached hydrogens (tertiary/aromatic N) is 2. The summed E-state index contributed by atoms with van der Waals surface area (Å²) in [5.74, 6) is 1.98. The Balaban J connectivity index is 2.04. The normalized spacial score (nSPS) is 9.58. The summed E-state index contributed by atoms with van der Waals surface area (Å²) in [6.45, 7) is 0. The molecule has 3 aromatic carbocycles. The van der Waals surface area contributed by atoms with Crippen molar-refractivity contribution in [1.82, 2.24) is 0 Å². The summed E-state index contributed by atoms with van der Waals surface area (Å²) in [6, 6.07) is 25.4. The molecular formula is C20H12N2O2. The predicted molar refractivity (Wildman–Crippen MR) is 88.9 cm³/mol. The van der Waals surface area contributed by atoms with Gasteiger partial charge in [0.05, 0.1) is 11.1 Å². The predicted octanol–water partition coefficient (Wildman–Crippen LogP) is 5.01. The Kier molecular flexibility index (Phi) is 4.42. The minimum atomic E-state index is 0.240. The summed E-state index contributed by atoms with van der Waals surface area (Å²) in [5, 5.41) is 18.4. The largest absolute Gasteiger partial charge is 0.453 e. The molecule has 3 aromatic rings. The molecule has 24 heavy (non-hydrogen) atoms. The Labute approximate surface area is 139 Å². The van der Waals surface area contributed by atoms with Crippen molar-refractivity contribution < 1.29 is 9.47 Å². The second-order valence-electron chi connectivity index (χ2n) is 4.90. The van der Waals surface area contributed by atoms with Crippen molar-refractivity contribution in [3.63, 3.8) is 0 Å². The van der Waals surface area contributed by atoms with Crippen molar-refractivity contribution in [2.24, 2.45) is 0 Å². The summed E-state index contributed by atoms with van der Waals surface area (Å²) in [4.78, 5) is 0. The number of rotatable bonds is 4. The maximum Gasteiger partial charge on any atom is 0.171 e. The van der Waals surface area contributed by atoms with Crippen LogP contribution in [0, 0.1) is 22.7 Å². The van der Waals surface area contributed by atoms with E-state index in [1.807, 2.05) is 48.5 Å². The Bertz CT molecular complexity index is 845. The molecule has 0 saturated carbocycles. The molecule has 0 heterocycles. The third kappa shape index (κ3) is 3.35. The molecule has 0 aliphatic rings. The molecule has 0 N–H and O–H groups in total. The zero-order valence-corrected chi connectivity index (χ0v) is 12.6. The first-order valence-electron chi connectivity index (χ1n) is 7.24. The lowest BCUT2D eigenvalue weighted by molar-refractivity contribution is 0.418. The first-order valence-corrected chi connectivity index (χ1v) is 7.24. The van der Waals surface area contributed by atoms with Gasteiger partial charge in [0.1, 0.15) is 23.6 Å². The third-order valence-electron chi connectivity index (χ3n) is 3.27. The molecule has 4 heteroatoms. The average Bonchev–Trinajstić information content (AvgIpc) is 2.64. The van der Waals surface area contributed by atoms with Crippen molar-refractivity contribution in [3.05, 3.63) is 83.9 Å². The molecule has 0 amide bonds. The van der Waals surface area contributed by atoms with Gasteiger partial charge < -0.3 is 9.47 Å². The maximum atomic E-state index is 9.22. The standard InChI is InChI=1S/C20H12N2O2/c21-13-15-11-19(23-17-7-3-1-4-8-17)20(12-16(15)14-22)24-18-9-5-2-6-10-18/h1-12H. The number of para-hydroxylation sites is 2. The monoisotopic (exact) mass is 312 g/mol. The van der Waals surface area contributed by atoms with Crippen LogP contribution in [0.25, 0.3) is 0 Å². The highest BCUT2D eigenvalue weighted by atomic mass is 16.5. The van der Waals surface area contributed by atoms with Crippen LogP contribution >= 0.6 is 0 Å². The van der Waals surface area contributed by atoms with Crippen LogP contribution < -0.4 is 9.47 Å². The third-order valence-corrected chi connectivity index (χ3v) is 3.27. The van der Waals surface area contributed by atoms with Crippen LogP contribution in [0.2, 0.25) is 0 Å². The van der Waals surface area contributed by atoms with E-state index in [0.717, 1.165) is 0 Å². The summed E-state index contributed by atoms with van der Waals surface area (Å²) in [7, 11) is 0. The minimum absolute atomic E-state index is 0.240. The minimum Gasteiger partial charge on any atom is -0.453 e. The number of hydrogen-bond acceptors (Lipinski definition) is 4. The van der Waals surface area contributed by atoms with Crippen molar-refractivity contribution in [1.29, 1.82) is 10.5 Å². The lowest BCUT2D eigenvalue weighted by atomic mass is 10.1. The molecule has 0 atom stereocenters. The second-order valence-corrected chi connectivity index (χ2v) is 4.90. The highest BCUT2D eigenvalue weighted by molar-refractivity contribution is 5.57. The van der Waals surface area contributed by atoms with Gasteiger partial charge in [-0.05, 0) is 24.3 Å². The topological polar surface area (TPSA) is 66.0 Å². The Morgan fingerprint density at radius 1 is 0.583 bits per heavy atom. The molecule has 0 aliphatic carbocycles. The van der Waals surface area contributed by atoms with E-state index < -0.39 is 0 Å². The van der Waals surface area contributed by atoms with Gasteiger partial charge in [-0.15, -0.1) is 0 Å². The fraction of sp³-hybridized carbons (Fsp3) is 0. The van der Waals surface area contributed by atoms with Gasteiger partial charge in [-0.1, -0.05) is 36.4 Å². The van der Waals surface area contributed by atoms with Crippen LogP contribution in [0.4, 0.5) is 0 Å². The van der Waals surface area contributed by atoms with E-state index in [2.05, 4.69) is 0 Å². The van der Waals surface area contributed by atoms with Gasteiger partial charge >= 0.3 is 0 Å². The lowest BCUT2D eigenvalue weighted by Gasteiger charge is -2.13. The SMILES string of the molecule is N#Cc1cc(Oc2ccccc2)c(Oc2ccccc2)cc1C#N. The average molecular weight is 312 g/mol. The number of ether oxygens (including phenoxy) is 2. The summed E-state index contributed by atoms with van der Waals surface area (Å²) in [6.07, 6.45) is 0. The Hall–Kier alpha value is -3.76. The van der Waals surface area contributed by atoms with Gasteiger partial charge in [0.25, 0.3) is 0 Å². The fourth-order valence-electron chi connectivity index (χ4n) is 2.14. The molecule has 3 rings (SSSR count). The number of benzene rings is 3. The maximum absolute atomic E-state index is 9.22. The van der Waals surface area contributed by atoms with Crippen LogP contribution in [-0.4, -0.2) is 0 Å². The molecule has 0 bridgehead atoms. The zero-order chi connectivity index (χ0) is 16.8. The smallest absolute Gasteiger partial charge is 0.171 e. The van der Waals surface area contributed by atoms with Gasteiger partial charge in [0, 0.05) is 12.1 Å². The van der Waals surface area contributed by atoms with Crippen LogP contribution in [0.15, 0.2) is 72.8 Å². The zero-order valence-electron chi connectivity index (χ0n) is 12.6. The first-order chi connectivity index (χ1) is 11.8. The van der Waals surface area contributed by atoms with E-state index in [-0.39, 0.29) is 11.1 Å². The summed E-state index contributed by atoms with van der Waals surface area (Å²) < 4.78 is 11.7. The summed E-state index contributed by atoms with van der Waals surface area (Å²) >= 11 is 0. The first kappa shape index (κ1) is 15.1. The van der Waals surface area contributed by atoms with Crippen molar-refractivity contribution in [2.45, 2.75) is 0 Å². The lowest BCUT2D eigenvalue weighted by Crippen LogP contribution is -1.94. The van der Waals surface area contributed by atoms with Crippen molar-refractivity contribution >= 4 is 0 Å². The Morgan fingerprint density at radius 3 is 1.29 bits per heavy atom. The van der Waals surface area contributed by atoms with Crippen molar-refractivity contribution in [2.75, 3.05) is 0 Å². The molecule has 0 aromatic heterocycles. The molecule has 0 aliphatic heterocycles. The van der Waals surface area contributed by atoms with Gasteiger partial charge in [-0.2, -0.15) is 10.5 Å². The highest BCUT2D eigenvalue weighted by Gasteiger charge is 2.14. The van der Waals surface area contributed by atoms with E-state index in [1.54, 1.807) is 24.3 Å². The highest BCUT2D eigenvalue weighted by Crippen LogP contribution is 2.37. The van der Waals surface area contributed by atoms with Crippen LogP contribution in [0.1, 0.15) is 11.1 Å². The van der Waals surface area contributed by atoms with Gasteiger partial charge in [0.15, 0.2) is 11.5 Å². The molecule has 0 unspecified atom stereocenters.